The fourth-order valence-corrected chi connectivity index (χ4v) is 1.78. The Morgan fingerprint density at radius 1 is 1.44 bits per heavy atom. The molecule has 1 aromatic rings. The maximum Gasteiger partial charge on any atom is 0.108 e. The van der Waals surface area contributed by atoms with Crippen LogP contribution < -0.4 is 5.32 Å². The van der Waals surface area contributed by atoms with Crippen molar-refractivity contribution < 1.29 is 4.74 Å². The third-order valence-corrected chi connectivity index (χ3v) is 2.53. The second-order valence-electron chi connectivity index (χ2n) is 3.60. The highest BCUT2D eigenvalue weighted by Gasteiger charge is 2.15. The zero-order valence-electron chi connectivity index (χ0n) is 9.26. The first-order valence-electron chi connectivity index (χ1n) is 5.00. The third-order valence-electron chi connectivity index (χ3n) is 2.53. The number of methoxy groups -OCH3 is 1. The number of rotatable bonds is 3. The summed E-state index contributed by atoms with van der Waals surface area (Å²) in [6.07, 6.45) is 4.26. The van der Waals surface area contributed by atoms with Gasteiger partial charge in [-0.2, -0.15) is 0 Å². The minimum absolute atomic E-state index is 0. The molecule has 0 unspecified atom stereocenters. The summed E-state index contributed by atoms with van der Waals surface area (Å²) >= 11 is 0. The van der Waals surface area contributed by atoms with Crippen LogP contribution in [0.15, 0.2) is 6.20 Å². The predicted molar refractivity (Wildman–Crippen MR) is 66.4 cm³/mol. The van der Waals surface area contributed by atoms with Crippen molar-refractivity contribution in [1.82, 2.24) is 20.3 Å². The van der Waals surface area contributed by atoms with Gasteiger partial charge in [0.05, 0.1) is 18.8 Å². The number of hydrogen-bond donors (Lipinski definition) is 1. The lowest BCUT2D eigenvalue weighted by Crippen LogP contribution is -2.29. The molecular formula is C9H18Cl2N4O. The molecule has 94 valence electrons. The number of aromatic nitrogens is 3. The van der Waals surface area contributed by atoms with E-state index in [4.69, 9.17) is 4.74 Å². The molecule has 5 nitrogen and oxygen atoms in total. The fraction of sp³-hybridized carbons (Fsp3) is 0.778. The van der Waals surface area contributed by atoms with Crippen molar-refractivity contribution >= 4 is 24.8 Å². The van der Waals surface area contributed by atoms with Crippen molar-refractivity contribution in [3.8, 4) is 0 Å². The molecular weight excluding hydrogens is 251 g/mol. The van der Waals surface area contributed by atoms with E-state index in [9.17, 15) is 0 Å². The molecule has 1 fully saturated rings. The molecule has 1 saturated heterocycles. The summed E-state index contributed by atoms with van der Waals surface area (Å²) in [7, 11) is 1.67. The van der Waals surface area contributed by atoms with Crippen molar-refractivity contribution in [3.05, 3.63) is 11.9 Å². The SMILES string of the molecule is COCc1cn(C2CCNCC2)nn1.Cl.Cl. The van der Waals surface area contributed by atoms with Crippen LogP contribution in [0.4, 0.5) is 0 Å². The molecule has 1 aliphatic heterocycles. The van der Waals surface area contributed by atoms with Gasteiger partial charge in [-0.15, -0.1) is 29.9 Å². The van der Waals surface area contributed by atoms with Gasteiger partial charge < -0.3 is 10.1 Å². The topological polar surface area (TPSA) is 52.0 Å². The van der Waals surface area contributed by atoms with E-state index in [2.05, 4.69) is 15.6 Å². The molecule has 0 spiro atoms. The van der Waals surface area contributed by atoms with E-state index < -0.39 is 0 Å². The number of piperidine rings is 1. The van der Waals surface area contributed by atoms with E-state index in [1.54, 1.807) is 7.11 Å². The number of hydrogen-bond acceptors (Lipinski definition) is 4. The van der Waals surface area contributed by atoms with Crippen LogP contribution >= 0.6 is 24.8 Å². The van der Waals surface area contributed by atoms with Crippen LogP contribution in [0, 0.1) is 0 Å². The van der Waals surface area contributed by atoms with Gasteiger partial charge in [0.25, 0.3) is 0 Å². The maximum atomic E-state index is 5.00. The summed E-state index contributed by atoms with van der Waals surface area (Å²) in [6.45, 7) is 2.69. The number of nitrogens with zero attached hydrogens (tertiary/aromatic N) is 3. The summed E-state index contributed by atoms with van der Waals surface area (Å²) < 4.78 is 6.97. The highest BCUT2D eigenvalue weighted by atomic mass is 35.5. The fourth-order valence-electron chi connectivity index (χ4n) is 1.78. The van der Waals surface area contributed by atoms with E-state index in [1.807, 2.05) is 10.9 Å². The number of nitrogens with one attached hydrogen (secondary N) is 1. The summed E-state index contributed by atoms with van der Waals surface area (Å²) in [5, 5.41) is 11.5. The van der Waals surface area contributed by atoms with E-state index in [-0.39, 0.29) is 24.8 Å². The first-order valence-corrected chi connectivity index (χ1v) is 5.00. The van der Waals surface area contributed by atoms with E-state index in [0.29, 0.717) is 12.6 Å². The van der Waals surface area contributed by atoms with E-state index in [0.717, 1.165) is 31.6 Å². The molecule has 2 heterocycles. The zero-order valence-corrected chi connectivity index (χ0v) is 10.9. The summed E-state index contributed by atoms with van der Waals surface area (Å²) in [6, 6.07) is 0.509. The monoisotopic (exact) mass is 268 g/mol. The first kappa shape index (κ1) is 15.6. The highest BCUT2D eigenvalue weighted by molar-refractivity contribution is 5.85. The lowest BCUT2D eigenvalue weighted by molar-refractivity contribution is 0.181. The zero-order chi connectivity index (χ0) is 9.80. The molecule has 0 aromatic carbocycles. The molecule has 0 atom stereocenters. The summed E-state index contributed by atoms with van der Waals surface area (Å²) in [5.74, 6) is 0. The average molecular weight is 269 g/mol. The van der Waals surface area contributed by atoms with Gasteiger partial charge in [0.15, 0.2) is 0 Å². The lowest BCUT2D eigenvalue weighted by Gasteiger charge is -2.22. The van der Waals surface area contributed by atoms with Crippen LogP contribution in [0.2, 0.25) is 0 Å². The third kappa shape index (κ3) is 3.90. The van der Waals surface area contributed by atoms with Gasteiger partial charge in [-0.25, -0.2) is 4.68 Å². The second-order valence-corrected chi connectivity index (χ2v) is 3.60. The maximum absolute atomic E-state index is 5.00. The van der Waals surface area contributed by atoms with Crippen molar-refractivity contribution in [2.75, 3.05) is 20.2 Å². The van der Waals surface area contributed by atoms with Gasteiger partial charge in [-0.1, -0.05) is 5.21 Å². The average Bonchev–Trinajstić information content (AvgIpc) is 2.68. The molecule has 0 bridgehead atoms. The predicted octanol–water partition coefficient (Wildman–Crippen LogP) is 1.19. The Morgan fingerprint density at radius 2 is 2.12 bits per heavy atom. The largest absolute Gasteiger partial charge is 0.378 e. The van der Waals surface area contributed by atoms with Crippen LogP contribution in [0.5, 0.6) is 0 Å². The molecule has 16 heavy (non-hydrogen) atoms. The minimum Gasteiger partial charge on any atom is -0.378 e. The van der Waals surface area contributed by atoms with Gasteiger partial charge in [0, 0.05) is 7.11 Å². The molecule has 0 amide bonds. The smallest absolute Gasteiger partial charge is 0.108 e. The molecule has 7 heteroatoms. The van der Waals surface area contributed by atoms with Gasteiger partial charge in [0.2, 0.25) is 0 Å². The van der Waals surface area contributed by atoms with Crippen LogP contribution in [0.3, 0.4) is 0 Å². The molecule has 0 radical (unpaired) electrons. The molecule has 1 aromatic heterocycles. The van der Waals surface area contributed by atoms with Crippen molar-refractivity contribution in [2.45, 2.75) is 25.5 Å². The van der Waals surface area contributed by atoms with Crippen LogP contribution in [0.1, 0.15) is 24.6 Å². The Hall–Kier alpha value is -0.360. The Labute approximate surface area is 108 Å². The Bertz CT molecular complexity index is 289. The second kappa shape index (κ2) is 7.84. The first-order chi connectivity index (χ1) is 6.90. The van der Waals surface area contributed by atoms with Gasteiger partial charge in [-0.3, -0.25) is 0 Å². The minimum atomic E-state index is 0. The number of halogens is 2. The van der Waals surface area contributed by atoms with Gasteiger partial charge in [0.1, 0.15) is 5.69 Å². The summed E-state index contributed by atoms with van der Waals surface area (Å²) in [4.78, 5) is 0. The molecule has 2 rings (SSSR count). The van der Waals surface area contributed by atoms with Crippen LogP contribution in [0.25, 0.3) is 0 Å². The molecule has 0 saturated carbocycles. The van der Waals surface area contributed by atoms with E-state index >= 15 is 0 Å². The van der Waals surface area contributed by atoms with Crippen LogP contribution in [-0.4, -0.2) is 35.2 Å². The molecule has 0 aliphatic carbocycles. The normalized spacial score (nSPS) is 16.3. The standard InChI is InChI=1S/C9H16N4O.2ClH/c1-14-7-8-6-13(12-11-8)9-2-4-10-5-3-9;;/h6,9-10H,2-5,7H2,1H3;2*1H. The highest BCUT2D eigenvalue weighted by Crippen LogP contribution is 2.16. The lowest BCUT2D eigenvalue weighted by atomic mass is 10.1. The van der Waals surface area contributed by atoms with E-state index in [1.165, 1.54) is 0 Å². The van der Waals surface area contributed by atoms with Crippen molar-refractivity contribution in [3.63, 3.8) is 0 Å². The molecule has 1 N–H and O–H groups in total. The van der Waals surface area contributed by atoms with Crippen LogP contribution in [-0.2, 0) is 11.3 Å². The molecule has 1 aliphatic rings. The van der Waals surface area contributed by atoms with Crippen molar-refractivity contribution in [2.24, 2.45) is 0 Å². The number of ether oxygens (including phenoxy) is 1. The Balaban J connectivity index is 0.00000112. The van der Waals surface area contributed by atoms with Crippen molar-refractivity contribution in [1.29, 1.82) is 0 Å². The van der Waals surface area contributed by atoms with Gasteiger partial charge >= 0.3 is 0 Å². The summed E-state index contributed by atoms with van der Waals surface area (Å²) in [5.41, 5.74) is 0.908. The Kier molecular flexibility index (Phi) is 7.66. The quantitative estimate of drug-likeness (QED) is 0.895. The van der Waals surface area contributed by atoms with Gasteiger partial charge in [-0.05, 0) is 25.9 Å². The Morgan fingerprint density at radius 3 is 2.75 bits per heavy atom.